The SMILES string of the molecule is Cn1nnc2cc(/C=C3/C(=O)N4C(C(=O)[O-])=CSC34)ccc21.[Na+]. The number of fused-ring (bicyclic) bond motifs is 2. The van der Waals surface area contributed by atoms with Gasteiger partial charge in [-0.3, -0.25) is 9.69 Å². The number of thioether (sulfide) groups is 1. The molecule has 9 heteroatoms. The van der Waals surface area contributed by atoms with Gasteiger partial charge >= 0.3 is 29.6 Å². The third-order valence-corrected chi connectivity index (χ3v) is 4.78. The van der Waals surface area contributed by atoms with E-state index in [1.54, 1.807) is 10.8 Å². The number of hydrogen-bond acceptors (Lipinski definition) is 6. The van der Waals surface area contributed by atoms with Gasteiger partial charge in [0.15, 0.2) is 0 Å². The Labute approximate surface area is 157 Å². The number of aryl methyl sites for hydroxylation is 1. The number of carboxylic acid groups (broad SMARTS) is 1. The van der Waals surface area contributed by atoms with Crippen molar-refractivity contribution in [3.05, 3.63) is 40.4 Å². The zero-order valence-electron chi connectivity index (χ0n) is 12.4. The standard InChI is InChI=1S/C14H10N4O3S.Na/c1-17-10-3-2-7(5-9(10)15-16-17)4-8-12(19)18-11(14(20)21)6-22-13(8)18;/h2-6,13H,1H3,(H,20,21);/q;+1/p-1/b8-4-;. The number of hydrogen-bond donors (Lipinski definition) is 0. The van der Waals surface area contributed by atoms with Gasteiger partial charge in [-0.1, -0.05) is 11.3 Å². The first kappa shape index (κ1) is 16.3. The van der Waals surface area contributed by atoms with Gasteiger partial charge in [0.05, 0.1) is 22.8 Å². The largest absolute Gasteiger partial charge is 1.00 e. The molecule has 2 aliphatic rings. The first-order valence-corrected chi connectivity index (χ1v) is 7.42. The molecule has 2 aromatic rings. The van der Waals surface area contributed by atoms with Crippen LogP contribution in [-0.2, 0) is 16.6 Å². The molecular formula is C14H9N4NaO3S. The second kappa shape index (κ2) is 5.79. The quantitative estimate of drug-likeness (QED) is 0.327. The minimum absolute atomic E-state index is 0. The van der Waals surface area contributed by atoms with Crippen molar-refractivity contribution in [1.82, 2.24) is 19.9 Å². The molecule has 1 amide bonds. The van der Waals surface area contributed by atoms with Crippen molar-refractivity contribution in [1.29, 1.82) is 0 Å². The predicted molar refractivity (Wildman–Crippen MR) is 77.8 cm³/mol. The molecule has 0 N–H and O–H groups in total. The monoisotopic (exact) mass is 336 g/mol. The van der Waals surface area contributed by atoms with Crippen LogP contribution in [0.3, 0.4) is 0 Å². The molecule has 1 unspecified atom stereocenters. The van der Waals surface area contributed by atoms with Gasteiger partial charge in [-0.2, -0.15) is 0 Å². The number of nitrogens with zero attached hydrogens (tertiary/aromatic N) is 4. The molecule has 1 aromatic carbocycles. The van der Waals surface area contributed by atoms with Crippen LogP contribution in [0.25, 0.3) is 17.1 Å². The summed E-state index contributed by atoms with van der Waals surface area (Å²) in [5.74, 6) is -1.63. The van der Waals surface area contributed by atoms with E-state index in [1.807, 2.05) is 25.2 Å². The van der Waals surface area contributed by atoms with Crippen molar-refractivity contribution >= 4 is 40.7 Å². The molecule has 0 spiro atoms. The van der Waals surface area contributed by atoms with E-state index in [4.69, 9.17) is 0 Å². The number of carboxylic acids is 1. The minimum Gasteiger partial charge on any atom is -0.543 e. The van der Waals surface area contributed by atoms with Gasteiger partial charge in [-0.25, -0.2) is 4.68 Å². The van der Waals surface area contributed by atoms with Crippen LogP contribution in [0.5, 0.6) is 0 Å². The molecular weight excluding hydrogens is 327 g/mol. The molecule has 7 nitrogen and oxygen atoms in total. The number of aromatic nitrogens is 3. The van der Waals surface area contributed by atoms with Gasteiger partial charge in [-0.05, 0) is 29.2 Å². The van der Waals surface area contributed by atoms with E-state index >= 15 is 0 Å². The molecule has 0 bridgehead atoms. The van der Waals surface area contributed by atoms with Crippen molar-refractivity contribution in [2.75, 3.05) is 0 Å². The Hall–Kier alpha value is -1.61. The summed E-state index contributed by atoms with van der Waals surface area (Å²) in [7, 11) is 1.81. The van der Waals surface area contributed by atoms with Crippen molar-refractivity contribution in [3.8, 4) is 0 Å². The summed E-state index contributed by atoms with van der Waals surface area (Å²) < 4.78 is 1.67. The fourth-order valence-corrected chi connectivity index (χ4v) is 3.70. The van der Waals surface area contributed by atoms with Crippen LogP contribution in [0.2, 0.25) is 0 Å². The zero-order valence-corrected chi connectivity index (χ0v) is 15.2. The Bertz CT molecular complexity index is 905. The van der Waals surface area contributed by atoms with E-state index in [9.17, 15) is 14.7 Å². The van der Waals surface area contributed by atoms with Crippen molar-refractivity contribution < 1.29 is 44.3 Å². The van der Waals surface area contributed by atoms with Crippen LogP contribution >= 0.6 is 11.8 Å². The summed E-state index contributed by atoms with van der Waals surface area (Å²) in [5.41, 5.74) is 2.98. The molecule has 3 heterocycles. The normalized spacial score (nSPS) is 21.0. The fraction of sp³-hybridized carbons (Fsp3) is 0.143. The summed E-state index contributed by atoms with van der Waals surface area (Å²) in [6.45, 7) is 0. The van der Waals surface area contributed by atoms with Gasteiger partial charge in [0.1, 0.15) is 10.9 Å². The maximum absolute atomic E-state index is 12.1. The summed E-state index contributed by atoms with van der Waals surface area (Å²) in [6, 6.07) is 5.61. The molecule has 1 saturated heterocycles. The van der Waals surface area contributed by atoms with Gasteiger partial charge in [-0.15, -0.1) is 16.9 Å². The number of benzene rings is 1. The minimum atomic E-state index is -1.33. The molecule has 2 aliphatic heterocycles. The predicted octanol–water partition coefficient (Wildman–Crippen LogP) is -3.14. The summed E-state index contributed by atoms with van der Waals surface area (Å²) in [4.78, 5) is 24.3. The first-order chi connectivity index (χ1) is 10.6. The third-order valence-electron chi connectivity index (χ3n) is 3.70. The maximum atomic E-state index is 12.1. The smallest absolute Gasteiger partial charge is 0.543 e. The van der Waals surface area contributed by atoms with Gasteiger partial charge < -0.3 is 9.90 Å². The van der Waals surface area contributed by atoms with Gasteiger partial charge in [0, 0.05) is 7.05 Å². The van der Waals surface area contributed by atoms with E-state index in [1.165, 1.54) is 22.1 Å². The number of rotatable bonds is 2. The van der Waals surface area contributed by atoms with E-state index in [2.05, 4.69) is 10.3 Å². The number of carbonyl (C=O) groups excluding carboxylic acids is 2. The van der Waals surface area contributed by atoms with Crippen LogP contribution in [0.4, 0.5) is 0 Å². The zero-order chi connectivity index (χ0) is 15.4. The molecule has 4 rings (SSSR count). The van der Waals surface area contributed by atoms with Crippen LogP contribution < -0.4 is 34.7 Å². The molecule has 1 fully saturated rings. The Kier molecular flexibility index (Phi) is 4.09. The number of amides is 1. The molecule has 0 radical (unpaired) electrons. The molecule has 1 aromatic heterocycles. The van der Waals surface area contributed by atoms with Gasteiger partial charge in [0.2, 0.25) is 0 Å². The molecule has 110 valence electrons. The summed E-state index contributed by atoms with van der Waals surface area (Å²) in [5, 5.41) is 20.1. The van der Waals surface area contributed by atoms with E-state index in [0.717, 1.165) is 16.6 Å². The van der Waals surface area contributed by atoms with Crippen molar-refractivity contribution in [2.45, 2.75) is 5.37 Å². The topological polar surface area (TPSA) is 91.2 Å². The molecule has 23 heavy (non-hydrogen) atoms. The average molecular weight is 336 g/mol. The van der Waals surface area contributed by atoms with Gasteiger partial charge in [0.25, 0.3) is 5.91 Å². The van der Waals surface area contributed by atoms with E-state index in [0.29, 0.717) is 5.57 Å². The molecule has 0 aliphatic carbocycles. The second-order valence-electron chi connectivity index (χ2n) is 5.02. The summed E-state index contributed by atoms with van der Waals surface area (Å²) >= 11 is 1.29. The Morgan fingerprint density at radius 2 is 2.22 bits per heavy atom. The van der Waals surface area contributed by atoms with E-state index in [-0.39, 0.29) is 46.5 Å². The Morgan fingerprint density at radius 1 is 1.43 bits per heavy atom. The van der Waals surface area contributed by atoms with Crippen LogP contribution in [-0.4, -0.2) is 37.1 Å². The Balaban J connectivity index is 0.00000156. The number of β-lactam (4-membered cyclic amide) rings is 1. The molecule has 1 atom stereocenters. The van der Waals surface area contributed by atoms with E-state index < -0.39 is 5.97 Å². The van der Waals surface area contributed by atoms with Crippen LogP contribution in [0.1, 0.15) is 5.56 Å². The second-order valence-corrected chi connectivity index (χ2v) is 5.97. The van der Waals surface area contributed by atoms with Crippen molar-refractivity contribution in [2.24, 2.45) is 7.05 Å². The maximum Gasteiger partial charge on any atom is 1.00 e. The third kappa shape index (κ3) is 2.42. The number of carbonyl (C=O) groups is 2. The average Bonchev–Trinajstić information content (AvgIpc) is 3.06. The van der Waals surface area contributed by atoms with Crippen LogP contribution in [0.15, 0.2) is 34.9 Å². The fourth-order valence-electron chi connectivity index (χ4n) is 2.59. The summed E-state index contributed by atoms with van der Waals surface area (Å²) in [6.07, 6.45) is 1.76. The molecule has 0 saturated carbocycles. The van der Waals surface area contributed by atoms with Crippen molar-refractivity contribution in [3.63, 3.8) is 0 Å². The Morgan fingerprint density at radius 3 is 2.96 bits per heavy atom. The first-order valence-electron chi connectivity index (χ1n) is 6.48. The van der Waals surface area contributed by atoms with Crippen LogP contribution in [0, 0.1) is 0 Å². The number of aliphatic carboxylic acids is 1.